The van der Waals surface area contributed by atoms with Gasteiger partial charge in [0.15, 0.2) is 0 Å². The van der Waals surface area contributed by atoms with Gasteiger partial charge < -0.3 is 20.3 Å². The molecule has 4 aliphatic rings. The van der Waals surface area contributed by atoms with E-state index in [2.05, 4.69) is 32.5 Å². The first-order valence-electron chi connectivity index (χ1n) is 15.2. The van der Waals surface area contributed by atoms with E-state index in [1.807, 2.05) is 20.8 Å². The molecule has 0 spiro atoms. The lowest BCUT2D eigenvalue weighted by Gasteiger charge is -2.48. The van der Waals surface area contributed by atoms with Crippen LogP contribution in [0.4, 0.5) is 23.7 Å². The zero-order valence-electron chi connectivity index (χ0n) is 25.0. The van der Waals surface area contributed by atoms with Crippen molar-refractivity contribution in [3.8, 4) is 6.07 Å². The lowest BCUT2D eigenvalue weighted by atomic mass is 9.81. The Morgan fingerprint density at radius 3 is 2.40 bits per heavy atom. The van der Waals surface area contributed by atoms with Crippen LogP contribution >= 0.6 is 0 Å². The van der Waals surface area contributed by atoms with Crippen molar-refractivity contribution < 1.29 is 27.5 Å². The Morgan fingerprint density at radius 2 is 1.81 bits per heavy atom. The first-order valence-corrected chi connectivity index (χ1v) is 15.2. The molecule has 43 heavy (non-hydrogen) atoms. The number of halogens is 3. The Kier molecular flexibility index (Phi) is 8.59. The van der Waals surface area contributed by atoms with Gasteiger partial charge in [-0.1, -0.05) is 12.1 Å². The number of anilines is 1. The second-order valence-electron chi connectivity index (χ2n) is 13.2. The number of carbonyl (C=O) groups is 2. The summed E-state index contributed by atoms with van der Waals surface area (Å²) in [6, 6.07) is 8.39. The zero-order chi connectivity index (χ0) is 31.0. The van der Waals surface area contributed by atoms with E-state index in [1.165, 1.54) is 12.1 Å². The standard InChI is InChI=1S/C30H42F3N7O3/c1-27(2,3)43-26(42)39-18-13-28(12-15-34,14-19-39)40-22-10-17-35-25(41)23(22)24(38-40)37-21-8-6-20(7-9-21)29(30(31,32)33)11-4-5-16-36-29/h6-9,22-24,36-38H,4-5,10-14,16-19H2,1-3H3,(H,35,41)/t22?,23?,24?,29-/m0/s1. The molecule has 0 bridgehead atoms. The summed E-state index contributed by atoms with van der Waals surface area (Å²) >= 11 is 0. The molecule has 13 heteroatoms. The van der Waals surface area contributed by atoms with Crippen molar-refractivity contribution in [1.82, 2.24) is 26.0 Å². The number of hydrogen-bond acceptors (Lipinski definition) is 8. The highest BCUT2D eigenvalue weighted by Crippen LogP contribution is 2.45. The van der Waals surface area contributed by atoms with Crippen LogP contribution in [-0.2, 0) is 15.1 Å². The number of amides is 2. The van der Waals surface area contributed by atoms with E-state index in [-0.39, 0.29) is 36.4 Å². The van der Waals surface area contributed by atoms with E-state index in [9.17, 15) is 28.0 Å². The molecular formula is C30H42F3N7O3. The largest absolute Gasteiger partial charge is 0.444 e. The Bertz CT molecular complexity index is 1210. The summed E-state index contributed by atoms with van der Waals surface area (Å²) in [5.74, 6) is -0.615. The number of nitrogens with zero attached hydrogens (tertiary/aromatic N) is 3. The maximum atomic E-state index is 14.2. The SMILES string of the molecule is CC(C)(C)OC(=O)N1CCC(CC#N)(N2NC(Nc3ccc([C@]4(C(F)(F)F)CCCCN4)cc3)C3C(=O)NCCC32)CC1. The van der Waals surface area contributed by atoms with Crippen LogP contribution in [0.25, 0.3) is 0 Å². The molecular weight excluding hydrogens is 563 g/mol. The van der Waals surface area contributed by atoms with E-state index >= 15 is 0 Å². The second-order valence-corrected chi connectivity index (χ2v) is 13.2. The molecule has 0 aromatic heterocycles. The van der Waals surface area contributed by atoms with Gasteiger partial charge in [0.2, 0.25) is 5.91 Å². The summed E-state index contributed by atoms with van der Waals surface area (Å²) in [7, 11) is 0. The van der Waals surface area contributed by atoms with E-state index < -0.39 is 34.9 Å². The molecule has 2 amide bonds. The summed E-state index contributed by atoms with van der Waals surface area (Å²) in [4.78, 5) is 27.5. The number of benzene rings is 1. The normalized spacial score (nSPS) is 29.7. The number of alkyl halides is 3. The fourth-order valence-corrected chi connectivity index (χ4v) is 7.09. The molecule has 236 valence electrons. The number of piperidine rings is 3. The topological polar surface area (TPSA) is 122 Å². The van der Waals surface area contributed by atoms with Crippen molar-refractivity contribution >= 4 is 17.7 Å². The van der Waals surface area contributed by atoms with Crippen molar-refractivity contribution in [1.29, 1.82) is 5.26 Å². The lowest BCUT2D eigenvalue weighted by molar-refractivity contribution is -0.207. The van der Waals surface area contributed by atoms with Crippen molar-refractivity contribution in [3.05, 3.63) is 29.8 Å². The average Bonchev–Trinajstić information content (AvgIpc) is 3.33. The van der Waals surface area contributed by atoms with Crippen LogP contribution in [0.2, 0.25) is 0 Å². The van der Waals surface area contributed by atoms with Gasteiger partial charge in [0, 0.05) is 31.4 Å². The Morgan fingerprint density at radius 1 is 1.12 bits per heavy atom. The molecule has 1 aromatic rings. The first-order chi connectivity index (χ1) is 20.3. The number of likely N-dealkylation sites (tertiary alicyclic amines) is 1. The highest BCUT2D eigenvalue weighted by molar-refractivity contribution is 5.82. The lowest BCUT2D eigenvalue weighted by Crippen LogP contribution is -2.62. The predicted molar refractivity (Wildman–Crippen MR) is 153 cm³/mol. The molecule has 0 saturated carbocycles. The van der Waals surface area contributed by atoms with Crippen LogP contribution in [0.1, 0.15) is 71.3 Å². The molecule has 4 saturated heterocycles. The van der Waals surface area contributed by atoms with Crippen LogP contribution in [0.15, 0.2) is 24.3 Å². The monoisotopic (exact) mass is 605 g/mol. The predicted octanol–water partition coefficient (Wildman–Crippen LogP) is 3.96. The third-order valence-electron chi connectivity index (χ3n) is 9.28. The number of fused-ring (bicyclic) bond motifs is 1. The molecule has 0 radical (unpaired) electrons. The fraction of sp³-hybridized carbons (Fsp3) is 0.700. The van der Waals surface area contributed by atoms with Gasteiger partial charge in [-0.3, -0.25) is 10.1 Å². The highest BCUT2D eigenvalue weighted by Gasteiger charge is 2.57. The number of carbonyl (C=O) groups excluding carboxylic acids is 2. The van der Waals surface area contributed by atoms with Gasteiger partial charge in [0.05, 0.1) is 23.9 Å². The Labute approximate surface area is 250 Å². The van der Waals surface area contributed by atoms with E-state index in [0.717, 1.165) is 0 Å². The Hall–Kier alpha value is -3.08. The Balaban J connectivity index is 1.35. The minimum Gasteiger partial charge on any atom is -0.444 e. The first kappa shape index (κ1) is 31.3. The van der Waals surface area contributed by atoms with Crippen LogP contribution in [0.5, 0.6) is 0 Å². The zero-order valence-corrected chi connectivity index (χ0v) is 25.0. The van der Waals surface area contributed by atoms with Gasteiger partial charge in [-0.2, -0.15) is 18.4 Å². The maximum Gasteiger partial charge on any atom is 0.410 e. The third kappa shape index (κ3) is 6.14. The van der Waals surface area contributed by atoms with E-state index in [1.54, 1.807) is 17.0 Å². The average molecular weight is 606 g/mol. The molecule has 4 atom stereocenters. The molecule has 4 N–H and O–H groups in total. The van der Waals surface area contributed by atoms with E-state index in [4.69, 9.17) is 4.74 Å². The van der Waals surface area contributed by atoms with Gasteiger partial charge in [-0.25, -0.2) is 15.2 Å². The van der Waals surface area contributed by atoms with Gasteiger partial charge in [-0.05, 0) is 83.5 Å². The van der Waals surface area contributed by atoms with Gasteiger partial charge >= 0.3 is 12.3 Å². The van der Waals surface area contributed by atoms with Crippen LogP contribution in [-0.4, -0.2) is 77.6 Å². The molecule has 0 aliphatic carbocycles. The quantitative estimate of drug-likeness (QED) is 0.398. The van der Waals surface area contributed by atoms with E-state index in [0.29, 0.717) is 64.0 Å². The molecule has 1 aromatic carbocycles. The molecule has 4 aliphatic heterocycles. The number of nitriles is 1. The summed E-state index contributed by atoms with van der Waals surface area (Å²) < 4.78 is 48.2. The van der Waals surface area contributed by atoms with Gasteiger partial charge in [0.1, 0.15) is 17.3 Å². The van der Waals surface area contributed by atoms with Crippen LogP contribution < -0.4 is 21.4 Å². The van der Waals surface area contributed by atoms with Crippen LogP contribution in [0, 0.1) is 17.2 Å². The number of rotatable bonds is 5. The molecule has 10 nitrogen and oxygen atoms in total. The van der Waals surface area contributed by atoms with Gasteiger partial charge in [-0.15, -0.1) is 0 Å². The summed E-state index contributed by atoms with van der Waals surface area (Å²) in [5.41, 5.74) is 0.940. The van der Waals surface area contributed by atoms with Crippen molar-refractivity contribution in [3.63, 3.8) is 0 Å². The minimum absolute atomic E-state index is 0.0152. The fourth-order valence-electron chi connectivity index (χ4n) is 7.09. The molecule has 5 rings (SSSR count). The number of hydrazine groups is 1. The third-order valence-corrected chi connectivity index (χ3v) is 9.28. The minimum atomic E-state index is -4.43. The van der Waals surface area contributed by atoms with Crippen molar-refractivity contribution in [2.45, 2.75) is 101 Å². The van der Waals surface area contributed by atoms with Crippen molar-refractivity contribution in [2.75, 3.05) is 31.5 Å². The second kappa shape index (κ2) is 11.8. The molecule has 3 unspecified atom stereocenters. The molecule has 4 heterocycles. The number of nitrogens with one attached hydrogen (secondary N) is 4. The van der Waals surface area contributed by atoms with Gasteiger partial charge in [0.25, 0.3) is 0 Å². The number of hydrogen-bond donors (Lipinski definition) is 4. The summed E-state index contributed by atoms with van der Waals surface area (Å²) in [6.45, 7) is 7.08. The van der Waals surface area contributed by atoms with Crippen molar-refractivity contribution in [2.24, 2.45) is 5.92 Å². The summed E-state index contributed by atoms with van der Waals surface area (Å²) in [5, 5.41) is 20.9. The number of ether oxygens (including phenoxy) is 1. The smallest absolute Gasteiger partial charge is 0.410 e. The van der Waals surface area contributed by atoms with Crippen LogP contribution in [0.3, 0.4) is 0 Å². The highest BCUT2D eigenvalue weighted by atomic mass is 19.4. The maximum absolute atomic E-state index is 14.2. The summed E-state index contributed by atoms with van der Waals surface area (Å²) in [6.07, 6.45) is -2.26. The molecule has 4 fully saturated rings.